The number of hydrogen-bond donors (Lipinski definition) is 0. The Bertz CT molecular complexity index is 175. The molecule has 1 aliphatic rings. The summed E-state index contributed by atoms with van der Waals surface area (Å²) in [6.45, 7) is 7.88. The van der Waals surface area contributed by atoms with Gasteiger partial charge in [0, 0.05) is 25.5 Å². The van der Waals surface area contributed by atoms with E-state index >= 15 is 0 Å². The van der Waals surface area contributed by atoms with E-state index in [1.165, 1.54) is 25.1 Å². The Hall–Kier alpha value is -0.660. The Kier molecular flexibility index (Phi) is 3.01. The van der Waals surface area contributed by atoms with Gasteiger partial charge in [-0.25, -0.2) is 0 Å². The first-order valence-electron chi connectivity index (χ1n) is 4.83. The zero-order valence-corrected chi connectivity index (χ0v) is 8.67. The first-order chi connectivity index (χ1) is 5.66. The quantitative estimate of drug-likeness (QED) is 0.637. The zero-order valence-electron chi connectivity index (χ0n) is 8.67. The summed E-state index contributed by atoms with van der Waals surface area (Å²) in [4.78, 5) is 4.73. The fourth-order valence-corrected chi connectivity index (χ4v) is 1.68. The molecule has 0 saturated heterocycles. The van der Waals surface area contributed by atoms with E-state index in [4.69, 9.17) is 0 Å². The Morgan fingerprint density at radius 2 is 2.17 bits per heavy atom. The highest BCUT2D eigenvalue weighted by molar-refractivity contribution is 5.05. The molecule has 0 aromatic rings. The molecular formula is C10H20N2. The lowest BCUT2D eigenvalue weighted by Crippen LogP contribution is -2.35. The lowest BCUT2D eigenvalue weighted by atomic mass is 10.3. The monoisotopic (exact) mass is 168 g/mol. The highest BCUT2D eigenvalue weighted by Gasteiger charge is 2.22. The van der Waals surface area contributed by atoms with Gasteiger partial charge in [-0.2, -0.15) is 0 Å². The minimum absolute atomic E-state index is 0.552. The second-order valence-corrected chi connectivity index (χ2v) is 3.61. The van der Waals surface area contributed by atoms with Crippen molar-refractivity contribution >= 4 is 0 Å². The lowest BCUT2D eigenvalue weighted by Gasteiger charge is -2.28. The Morgan fingerprint density at radius 3 is 2.58 bits per heavy atom. The van der Waals surface area contributed by atoms with Crippen LogP contribution in [0.5, 0.6) is 0 Å². The van der Waals surface area contributed by atoms with E-state index in [0.29, 0.717) is 6.17 Å². The van der Waals surface area contributed by atoms with Crippen molar-refractivity contribution in [3.8, 4) is 0 Å². The van der Waals surface area contributed by atoms with Crippen molar-refractivity contribution in [3.63, 3.8) is 0 Å². The summed E-state index contributed by atoms with van der Waals surface area (Å²) in [5.41, 5.74) is 1.40. The number of allylic oxidation sites excluding steroid dienone is 1. The summed E-state index contributed by atoms with van der Waals surface area (Å²) < 4.78 is 0. The number of rotatable bonds is 3. The SMILES string of the molecule is CCCCN1C(C)=CN(C)C1C. The van der Waals surface area contributed by atoms with Crippen molar-refractivity contribution in [2.45, 2.75) is 39.8 Å². The van der Waals surface area contributed by atoms with E-state index in [9.17, 15) is 0 Å². The van der Waals surface area contributed by atoms with Gasteiger partial charge in [0.25, 0.3) is 0 Å². The van der Waals surface area contributed by atoms with E-state index in [1.807, 2.05) is 0 Å². The van der Waals surface area contributed by atoms with E-state index in [1.54, 1.807) is 0 Å². The molecule has 0 amide bonds. The zero-order chi connectivity index (χ0) is 9.14. The summed E-state index contributed by atoms with van der Waals surface area (Å²) in [7, 11) is 2.14. The van der Waals surface area contributed by atoms with Crippen molar-refractivity contribution in [2.75, 3.05) is 13.6 Å². The maximum Gasteiger partial charge on any atom is 0.0977 e. The second-order valence-electron chi connectivity index (χ2n) is 3.61. The normalized spacial score (nSPS) is 23.3. The Labute approximate surface area is 75.8 Å². The van der Waals surface area contributed by atoms with Crippen LogP contribution in [0.1, 0.15) is 33.6 Å². The first-order valence-corrected chi connectivity index (χ1v) is 4.83. The minimum atomic E-state index is 0.552. The van der Waals surface area contributed by atoms with Crippen LogP contribution in [0.4, 0.5) is 0 Å². The fraction of sp³-hybridized carbons (Fsp3) is 0.800. The predicted octanol–water partition coefficient (Wildman–Crippen LogP) is 2.24. The molecule has 1 atom stereocenters. The van der Waals surface area contributed by atoms with Gasteiger partial charge in [0.2, 0.25) is 0 Å². The number of nitrogens with zero attached hydrogens (tertiary/aromatic N) is 2. The van der Waals surface area contributed by atoms with Gasteiger partial charge in [-0.3, -0.25) is 0 Å². The molecule has 70 valence electrons. The Balaban J connectivity index is 2.48. The summed E-state index contributed by atoms with van der Waals surface area (Å²) in [5.74, 6) is 0. The lowest BCUT2D eigenvalue weighted by molar-refractivity contribution is 0.183. The summed E-state index contributed by atoms with van der Waals surface area (Å²) in [5, 5.41) is 0. The smallest absolute Gasteiger partial charge is 0.0977 e. The molecule has 1 heterocycles. The van der Waals surface area contributed by atoms with Crippen LogP contribution in [0, 0.1) is 0 Å². The molecule has 2 heteroatoms. The maximum atomic E-state index is 2.46. The summed E-state index contributed by atoms with van der Waals surface area (Å²) in [6.07, 6.45) is 5.35. The van der Waals surface area contributed by atoms with Crippen molar-refractivity contribution in [2.24, 2.45) is 0 Å². The van der Waals surface area contributed by atoms with Crippen LogP contribution < -0.4 is 0 Å². The van der Waals surface area contributed by atoms with Crippen LogP contribution in [0.25, 0.3) is 0 Å². The molecule has 0 spiro atoms. The third-order valence-electron chi connectivity index (χ3n) is 2.64. The van der Waals surface area contributed by atoms with Gasteiger partial charge in [0.15, 0.2) is 0 Å². The van der Waals surface area contributed by atoms with Gasteiger partial charge in [-0.05, 0) is 20.3 Å². The summed E-state index contributed by atoms with van der Waals surface area (Å²) in [6, 6.07) is 0. The van der Waals surface area contributed by atoms with Crippen LogP contribution >= 0.6 is 0 Å². The molecule has 0 aromatic heterocycles. The average Bonchev–Trinajstić information content (AvgIpc) is 2.25. The maximum absolute atomic E-state index is 2.46. The van der Waals surface area contributed by atoms with Crippen molar-refractivity contribution < 1.29 is 0 Å². The van der Waals surface area contributed by atoms with Crippen LogP contribution in [-0.2, 0) is 0 Å². The molecule has 0 saturated carbocycles. The van der Waals surface area contributed by atoms with Gasteiger partial charge >= 0.3 is 0 Å². The van der Waals surface area contributed by atoms with Crippen LogP contribution in [0.15, 0.2) is 11.9 Å². The Morgan fingerprint density at radius 1 is 1.50 bits per heavy atom. The van der Waals surface area contributed by atoms with Crippen LogP contribution in [0.2, 0.25) is 0 Å². The molecule has 0 aromatic carbocycles. The molecule has 12 heavy (non-hydrogen) atoms. The molecule has 0 N–H and O–H groups in total. The third-order valence-corrected chi connectivity index (χ3v) is 2.64. The number of unbranched alkanes of at least 4 members (excludes halogenated alkanes) is 1. The molecule has 1 unspecified atom stereocenters. The second kappa shape index (κ2) is 3.83. The first kappa shape index (κ1) is 9.43. The van der Waals surface area contributed by atoms with E-state index < -0.39 is 0 Å². The van der Waals surface area contributed by atoms with E-state index in [2.05, 4.69) is 43.8 Å². The standard InChI is InChI=1S/C10H20N2/c1-5-6-7-12-9(2)8-11(4)10(12)3/h8,10H,5-7H2,1-4H3. The predicted molar refractivity (Wildman–Crippen MR) is 52.6 cm³/mol. The largest absolute Gasteiger partial charge is 0.359 e. The third kappa shape index (κ3) is 1.74. The molecular weight excluding hydrogens is 148 g/mol. The van der Waals surface area contributed by atoms with Gasteiger partial charge in [0.05, 0.1) is 6.17 Å². The van der Waals surface area contributed by atoms with Crippen molar-refractivity contribution in [1.82, 2.24) is 9.80 Å². The van der Waals surface area contributed by atoms with Crippen LogP contribution in [-0.4, -0.2) is 29.6 Å². The van der Waals surface area contributed by atoms with E-state index in [-0.39, 0.29) is 0 Å². The van der Waals surface area contributed by atoms with Gasteiger partial charge in [-0.1, -0.05) is 13.3 Å². The van der Waals surface area contributed by atoms with Gasteiger partial charge < -0.3 is 9.80 Å². The molecule has 0 fully saturated rings. The number of hydrogen-bond acceptors (Lipinski definition) is 2. The average molecular weight is 168 g/mol. The fourth-order valence-electron chi connectivity index (χ4n) is 1.68. The molecule has 2 nitrogen and oxygen atoms in total. The van der Waals surface area contributed by atoms with Gasteiger partial charge in [-0.15, -0.1) is 0 Å². The highest BCUT2D eigenvalue weighted by atomic mass is 15.4. The molecule has 0 aliphatic carbocycles. The van der Waals surface area contributed by atoms with E-state index in [0.717, 1.165) is 0 Å². The highest BCUT2D eigenvalue weighted by Crippen LogP contribution is 2.20. The molecule has 1 rings (SSSR count). The van der Waals surface area contributed by atoms with Crippen LogP contribution in [0.3, 0.4) is 0 Å². The molecule has 0 radical (unpaired) electrons. The topological polar surface area (TPSA) is 6.48 Å². The molecule has 0 bridgehead atoms. The summed E-state index contributed by atoms with van der Waals surface area (Å²) >= 11 is 0. The molecule has 1 aliphatic heterocycles. The van der Waals surface area contributed by atoms with Crippen molar-refractivity contribution in [3.05, 3.63) is 11.9 Å². The van der Waals surface area contributed by atoms with Gasteiger partial charge in [0.1, 0.15) is 0 Å². The van der Waals surface area contributed by atoms with Crippen molar-refractivity contribution in [1.29, 1.82) is 0 Å². The minimum Gasteiger partial charge on any atom is -0.359 e.